The molecule has 4 heteroatoms. The van der Waals surface area contributed by atoms with E-state index in [2.05, 4.69) is 18.7 Å². The number of carbonyl (C=O) groups is 1. The number of amides is 1. The van der Waals surface area contributed by atoms with Crippen molar-refractivity contribution in [3.63, 3.8) is 0 Å². The third-order valence-corrected chi connectivity index (χ3v) is 3.65. The van der Waals surface area contributed by atoms with Gasteiger partial charge < -0.3 is 4.90 Å². The Kier molecular flexibility index (Phi) is 5.12. The lowest BCUT2D eigenvalue weighted by atomic mass is 10.1. The largest absolute Gasteiger partial charge is 0.340 e. The highest BCUT2D eigenvalue weighted by molar-refractivity contribution is 5.78. The van der Waals surface area contributed by atoms with E-state index in [0.29, 0.717) is 11.5 Å². The summed E-state index contributed by atoms with van der Waals surface area (Å²) in [6.07, 6.45) is 0.164. The molecule has 1 saturated heterocycles. The van der Waals surface area contributed by atoms with Gasteiger partial charge in [-0.3, -0.25) is 9.69 Å². The summed E-state index contributed by atoms with van der Waals surface area (Å²) in [6.45, 7) is 8.82. The maximum Gasteiger partial charge on any atom is 0.227 e. The van der Waals surface area contributed by atoms with Crippen molar-refractivity contribution in [3.8, 4) is 0 Å². The molecule has 20 heavy (non-hydrogen) atoms. The van der Waals surface area contributed by atoms with Crippen molar-refractivity contribution in [3.05, 3.63) is 35.6 Å². The lowest BCUT2D eigenvalue weighted by Crippen LogP contribution is -2.49. The molecule has 0 aromatic heterocycles. The molecule has 0 bridgehead atoms. The second kappa shape index (κ2) is 6.84. The van der Waals surface area contributed by atoms with Crippen LogP contribution in [0.1, 0.15) is 19.4 Å². The predicted molar refractivity (Wildman–Crippen MR) is 78.0 cm³/mol. The van der Waals surface area contributed by atoms with Crippen LogP contribution in [0, 0.1) is 11.7 Å². The van der Waals surface area contributed by atoms with Crippen LogP contribution in [-0.2, 0) is 11.2 Å². The molecule has 0 N–H and O–H groups in total. The Morgan fingerprint density at radius 3 is 2.45 bits per heavy atom. The van der Waals surface area contributed by atoms with Gasteiger partial charge in [0.25, 0.3) is 0 Å². The number of benzene rings is 1. The highest BCUT2D eigenvalue weighted by atomic mass is 19.1. The monoisotopic (exact) mass is 278 g/mol. The average molecular weight is 278 g/mol. The number of piperazine rings is 1. The fraction of sp³-hybridized carbons (Fsp3) is 0.562. The first kappa shape index (κ1) is 15.0. The van der Waals surface area contributed by atoms with E-state index in [1.165, 1.54) is 6.07 Å². The van der Waals surface area contributed by atoms with E-state index in [1.807, 2.05) is 4.90 Å². The summed E-state index contributed by atoms with van der Waals surface area (Å²) in [6, 6.07) is 6.51. The number of carbonyl (C=O) groups excluding carboxylic acids is 1. The third kappa shape index (κ3) is 4.04. The summed E-state index contributed by atoms with van der Waals surface area (Å²) in [5.74, 6) is 0.384. The van der Waals surface area contributed by atoms with Gasteiger partial charge in [-0.15, -0.1) is 0 Å². The molecule has 1 aromatic rings. The molecular formula is C16H23FN2O. The van der Waals surface area contributed by atoms with Gasteiger partial charge in [-0.1, -0.05) is 32.0 Å². The summed E-state index contributed by atoms with van der Waals surface area (Å²) >= 11 is 0. The van der Waals surface area contributed by atoms with Crippen molar-refractivity contribution in [2.45, 2.75) is 20.3 Å². The summed E-state index contributed by atoms with van der Waals surface area (Å²) in [5.41, 5.74) is 0.488. The molecule has 0 unspecified atom stereocenters. The van der Waals surface area contributed by atoms with Crippen LogP contribution in [0.15, 0.2) is 24.3 Å². The number of nitrogens with zero attached hydrogens (tertiary/aromatic N) is 2. The third-order valence-electron chi connectivity index (χ3n) is 3.65. The van der Waals surface area contributed by atoms with Crippen molar-refractivity contribution in [2.24, 2.45) is 5.92 Å². The van der Waals surface area contributed by atoms with E-state index in [9.17, 15) is 9.18 Å². The minimum Gasteiger partial charge on any atom is -0.340 e. The molecule has 0 saturated carbocycles. The zero-order valence-electron chi connectivity index (χ0n) is 12.3. The standard InChI is InChI=1S/C16H23FN2O/c1-13(2)12-18-7-9-19(10-8-18)16(20)11-14-5-3-4-6-15(14)17/h3-6,13H,7-12H2,1-2H3. The summed E-state index contributed by atoms with van der Waals surface area (Å²) in [5, 5.41) is 0. The summed E-state index contributed by atoms with van der Waals surface area (Å²) in [4.78, 5) is 16.4. The lowest BCUT2D eigenvalue weighted by molar-refractivity contribution is -0.132. The Morgan fingerprint density at radius 2 is 1.85 bits per heavy atom. The van der Waals surface area contributed by atoms with Crippen LogP contribution in [-0.4, -0.2) is 48.4 Å². The number of rotatable bonds is 4. The van der Waals surface area contributed by atoms with Crippen LogP contribution in [0.5, 0.6) is 0 Å². The zero-order chi connectivity index (χ0) is 14.5. The van der Waals surface area contributed by atoms with Gasteiger partial charge >= 0.3 is 0 Å². The fourth-order valence-corrected chi connectivity index (χ4v) is 2.61. The number of halogens is 1. The molecule has 0 aliphatic carbocycles. The molecule has 2 rings (SSSR count). The molecule has 0 radical (unpaired) electrons. The highest BCUT2D eigenvalue weighted by Gasteiger charge is 2.21. The molecule has 1 heterocycles. The molecule has 1 aromatic carbocycles. The van der Waals surface area contributed by atoms with Crippen LogP contribution in [0.2, 0.25) is 0 Å². The molecule has 1 aliphatic rings. The van der Waals surface area contributed by atoms with E-state index in [0.717, 1.165) is 32.7 Å². The minimum absolute atomic E-state index is 0.0271. The molecule has 1 fully saturated rings. The number of hydrogen-bond donors (Lipinski definition) is 0. The van der Waals surface area contributed by atoms with Gasteiger partial charge in [0.1, 0.15) is 5.82 Å². The van der Waals surface area contributed by atoms with E-state index in [4.69, 9.17) is 0 Å². The number of hydrogen-bond acceptors (Lipinski definition) is 2. The predicted octanol–water partition coefficient (Wildman–Crippen LogP) is 2.17. The van der Waals surface area contributed by atoms with Crippen molar-refractivity contribution in [1.82, 2.24) is 9.80 Å². The SMILES string of the molecule is CC(C)CN1CCN(C(=O)Cc2ccccc2F)CC1. The van der Waals surface area contributed by atoms with Crippen molar-refractivity contribution in [1.29, 1.82) is 0 Å². The quantitative estimate of drug-likeness (QED) is 0.842. The van der Waals surface area contributed by atoms with Crippen LogP contribution in [0.25, 0.3) is 0 Å². The molecule has 3 nitrogen and oxygen atoms in total. The first-order valence-corrected chi connectivity index (χ1v) is 7.30. The van der Waals surface area contributed by atoms with Crippen LogP contribution < -0.4 is 0 Å². The summed E-state index contributed by atoms with van der Waals surface area (Å²) in [7, 11) is 0. The second-order valence-corrected chi connectivity index (χ2v) is 5.84. The Hall–Kier alpha value is -1.42. The van der Waals surface area contributed by atoms with E-state index < -0.39 is 0 Å². The first-order chi connectivity index (χ1) is 9.56. The highest BCUT2D eigenvalue weighted by Crippen LogP contribution is 2.11. The topological polar surface area (TPSA) is 23.6 Å². The molecule has 1 aliphatic heterocycles. The Morgan fingerprint density at radius 1 is 1.20 bits per heavy atom. The molecule has 110 valence electrons. The van der Waals surface area contributed by atoms with Gasteiger partial charge in [0.05, 0.1) is 6.42 Å². The van der Waals surface area contributed by atoms with Gasteiger partial charge in [0.2, 0.25) is 5.91 Å². The van der Waals surface area contributed by atoms with Crippen molar-refractivity contribution >= 4 is 5.91 Å². The Bertz CT molecular complexity index is 454. The fourth-order valence-electron chi connectivity index (χ4n) is 2.61. The first-order valence-electron chi connectivity index (χ1n) is 7.30. The normalized spacial score (nSPS) is 16.7. The molecular weight excluding hydrogens is 255 g/mol. The smallest absolute Gasteiger partial charge is 0.227 e. The van der Waals surface area contributed by atoms with E-state index >= 15 is 0 Å². The van der Waals surface area contributed by atoms with Crippen LogP contribution >= 0.6 is 0 Å². The van der Waals surface area contributed by atoms with Crippen LogP contribution in [0.3, 0.4) is 0 Å². The lowest BCUT2D eigenvalue weighted by Gasteiger charge is -2.35. The van der Waals surface area contributed by atoms with E-state index in [-0.39, 0.29) is 18.1 Å². The Labute approximate surface area is 120 Å². The maximum absolute atomic E-state index is 13.5. The minimum atomic E-state index is -0.292. The molecule has 1 amide bonds. The summed E-state index contributed by atoms with van der Waals surface area (Å²) < 4.78 is 13.5. The van der Waals surface area contributed by atoms with Crippen molar-refractivity contribution in [2.75, 3.05) is 32.7 Å². The van der Waals surface area contributed by atoms with Gasteiger partial charge in [-0.25, -0.2) is 4.39 Å². The van der Waals surface area contributed by atoms with Crippen LogP contribution in [0.4, 0.5) is 4.39 Å². The maximum atomic E-state index is 13.5. The Balaban J connectivity index is 1.85. The van der Waals surface area contributed by atoms with Gasteiger partial charge in [-0.2, -0.15) is 0 Å². The second-order valence-electron chi connectivity index (χ2n) is 5.84. The average Bonchev–Trinajstić information content (AvgIpc) is 2.41. The molecule has 0 atom stereocenters. The van der Waals surface area contributed by atoms with Gasteiger partial charge in [0.15, 0.2) is 0 Å². The van der Waals surface area contributed by atoms with Gasteiger partial charge in [0, 0.05) is 32.7 Å². The van der Waals surface area contributed by atoms with Gasteiger partial charge in [-0.05, 0) is 17.5 Å². The van der Waals surface area contributed by atoms with E-state index in [1.54, 1.807) is 18.2 Å². The van der Waals surface area contributed by atoms with Crippen molar-refractivity contribution < 1.29 is 9.18 Å². The molecule has 0 spiro atoms. The zero-order valence-corrected chi connectivity index (χ0v) is 12.3.